The molecule has 7 heteroatoms. The molecule has 0 unspecified atom stereocenters. The molecule has 1 fully saturated rings. The number of hydrogen-bond donors (Lipinski definition) is 2. The van der Waals surface area contributed by atoms with Gasteiger partial charge in [0, 0.05) is 24.9 Å². The Morgan fingerprint density at radius 2 is 1.69 bits per heavy atom. The van der Waals surface area contributed by atoms with Gasteiger partial charge in [0.25, 0.3) is 0 Å². The number of benzene rings is 2. The Morgan fingerprint density at radius 3 is 2.31 bits per heavy atom. The van der Waals surface area contributed by atoms with Crippen molar-refractivity contribution in [1.29, 1.82) is 0 Å². The second-order valence-corrected chi connectivity index (χ2v) is 8.29. The van der Waals surface area contributed by atoms with Crippen LogP contribution in [0.25, 0.3) is 0 Å². The fourth-order valence-corrected chi connectivity index (χ4v) is 3.91. The zero-order chi connectivity index (χ0) is 18.6. The molecule has 0 aromatic heterocycles. The Labute approximate surface area is 152 Å². The van der Waals surface area contributed by atoms with Crippen molar-refractivity contribution in [3.8, 4) is 0 Å². The predicted molar refractivity (Wildman–Crippen MR) is 96.6 cm³/mol. The summed E-state index contributed by atoms with van der Waals surface area (Å²) < 4.78 is 39.6. The summed E-state index contributed by atoms with van der Waals surface area (Å²) in [5.41, 5.74) is 0.899. The molecule has 2 N–H and O–H groups in total. The Morgan fingerprint density at radius 1 is 1.04 bits per heavy atom. The van der Waals surface area contributed by atoms with Crippen LogP contribution in [0.15, 0.2) is 59.5 Å². The van der Waals surface area contributed by atoms with Gasteiger partial charge in [-0.2, -0.15) is 0 Å². The minimum absolute atomic E-state index is 0.0343. The number of hydrogen-bond acceptors (Lipinski definition) is 3. The first-order valence-corrected chi connectivity index (χ1v) is 9.97. The molecule has 0 spiro atoms. The van der Waals surface area contributed by atoms with Crippen LogP contribution in [0.5, 0.6) is 0 Å². The molecule has 1 aliphatic rings. The van der Waals surface area contributed by atoms with Gasteiger partial charge in [-0.05, 0) is 42.7 Å². The van der Waals surface area contributed by atoms with E-state index in [2.05, 4.69) is 10.0 Å². The zero-order valence-corrected chi connectivity index (χ0v) is 15.1. The molecule has 0 atom stereocenters. The quantitative estimate of drug-likeness (QED) is 0.743. The molecule has 0 heterocycles. The highest BCUT2D eigenvalue weighted by Gasteiger charge is 2.44. The fourth-order valence-electron chi connectivity index (χ4n) is 2.86. The van der Waals surface area contributed by atoms with Gasteiger partial charge in [-0.25, -0.2) is 17.5 Å². The normalized spacial score (nSPS) is 15.4. The Hall–Kier alpha value is -2.25. The molecule has 1 amide bonds. The van der Waals surface area contributed by atoms with Crippen LogP contribution in [0.2, 0.25) is 0 Å². The number of amides is 1. The standard InChI is InChI=1S/C19H21FN2O3S/c20-16-8-6-15(7-9-16)19(11-12-19)14-21-18(23)10-13-22-26(24,25)17-4-2-1-3-5-17/h1-9,22H,10-14H2,(H,21,23). The molecule has 0 radical (unpaired) electrons. The number of carbonyl (C=O) groups is 1. The predicted octanol–water partition coefficient (Wildman–Crippen LogP) is 2.34. The maximum absolute atomic E-state index is 13.0. The van der Waals surface area contributed by atoms with E-state index in [0.29, 0.717) is 6.54 Å². The van der Waals surface area contributed by atoms with Crippen molar-refractivity contribution in [3.05, 3.63) is 66.0 Å². The molecule has 2 aromatic rings. The molecule has 5 nitrogen and oxygen atoms in total. The number of carbonyl (C=O) groups excluding carboxylic acids is 1. The molecule has 1 aliphatic carbocycles. The molecular weight excluding hydrogens is 355 g/mol. The SMILES string of the molecule is O=C(CCNS(=O)(=O)c1ccccc1)NCC1(c2ccc(F)cc2)CC1. The van der Waals surface area contributed by atoms with Gasteiger partial charge in [0.05, 0.1) is 4.90 Å². The molecule has 2 aromatic carbocycles. The van der Waals surface area contributed by atoms with Crippen LogP contribution < -0.4 is 10.0 Å². The first-order valence-electron chi connectivity index (χ1n) is 8.49. The molecule has 0 saturated heterocycles. The van der Waals surface area contributed by atoms with Crippen molar-refractivity contribution in [3.63, 3.8) is 0 Å². The summed E-state index contributed by atoms with van der Waals surface area (Å²) in [5.74, 6) is -0.492. The van der Waals surface area contributed by atoms with Gasteiger partial charge in [-0.1, -0.05) is 30.3 Å². The molecule has 138 valence electrons. The third-order valence-electron chi connectivity index (χ3n) is 4.63. The van der Waals surface area contributed by atoms with Gasteiger partial charge in [0.1, 0.15) is 5.82 Å². The third kappa shape index (κ3) is 4.47. The van der Waals surface area contributed by atoms with Crippen molar-refractivity contribution in [1.82, 2.24) is 10.0 Å². The topological polar surface area (TPSA) is 75.3 Å². The highest BCUT2D eigenvalue weighted by Crippen LogP contribution is 2.47. The lowest BCUT2D eigenvalue weighted by Crippen LogP contribution is -2.35. The molecule has 0 aliphatic heterocycles. The maximum atomic E-state index is 13.0. The number of rotatable bonds is 8. The summed E-state index contributed by atoms with van der Waals surface area (Å²) in [6.45, 7) is 0.509. The summed E-state index contributed by atoms with van der Waals surface area (Å²) in [6.07, 6.45) is 1.95. The first kappa shape index (κ1) is 18.5. The van der Waals surface area contributed by atoms with Gasteiger partial charge in [0.2, 0.25) is 15.9 Å². The van der Waals surface area contributed by atoms with Gasteiger partial charge >= 0.3 is 0 Å². The highest BCUT2D eigenvalue weighted by molar-refractivity contribution is 7.89. The van der Waals surface area contributed by atoms with E-state index >= 15 is 0 Å². The Balaban J connectivity index is 1.46. The van der Waals surface area contributed by atoms with Crippen molar-refractivity contribution in [2.45, 2.75) is 29.6 Å². The fraction of sp³-hybridized carbons (Fsp3) is 0.316. The van der Waals surface area contributed by atoms with Gasteiger partial charge in [0.15, 0.2) is 0 Å². The second-order valence-electron chi connectivity index (χ2n) is 6.52. The largest absolute Gasteiger partial charge is 0.355 e. The first-order chi connectivity index (χ1) is 12.4. The van der Waals surface area contributed by atoms with E-state index in [9.17, 15) is 17.6 Å². The molecule has 1 saturated carbocycles. The third-order valence-corrected chi connectivity index (χ3v) is 6.11. The summed E-state index contributed by atoms with van der Waals surface area (Å²) in [6, 6.07) is 14.4. The van der Waals surface area contributed by atoms with Crippen molar-refractivity contribution < 1.29 is 17.6 Å². The summed E-state index contributed by atoms with van der Waals surface area (Å²) in [4.78, 5) is 12.2. The lowest BCUT2D eigenvalue weighted by Gasteiger charge is -2.16. The van der Waals surface area contributed by atoms with Crippen LogP contribution in [-0.2, 0) is 20.2 Å². The lowest BCUT2D eigenvalue weighted by molar-refractivity contribution is -0.121. The molecule has 0 bridgehead atoms. The van der Waals surface area contributed by atoms with Crippen LogP contribution in [0.4, 0.5) is 4.39 Å². The van der Waals surface area contributed by atoms with Gasteiger partial charge in [-0.3, -0.25) is 4.79 Å². The summed E-state index contributed by atoms with van der Waals surface area (Å²) in [5, 5.41) is 2.86. The van der Waals surface area contributed by atoms with E-state index in [1.165, 1.54) is 24.3 Å². The minimum atomic E-state index is -3.60. The van der Waals surface area contributed by atoms with E-state index in [1.807, 2.05) is 0 Å². The van der Waals surface area contributed by atoms with E-state index in [4.69, 9.17) is 0 Å². The van der Waals surface area contributed by atoms with Crippen LogP contribution in [0.1, 0.15) is 24.8 Å². The van der Waals surface area contributed by atoms with E-state index in [-0.39, 0.29) is 35.0 Å². The van der Waals surface area contributed by atoms with Crippen molar-refractivity contribution >= 4 is 15.9 Å². The van der Waals surface area contributed by atoms with Crippen molar-refractivity contribution in [2.75, 3.05) is 13.1 Å². The lowest BCUT2D eigenvalue weighted by atomic mass is 9.96. The summed E-state index contributed by atoms with van der Waals surface area (Å²) in [7, 11) is -3.60. The van der Waals surface area contributed by atoms with Crippen LogP contribution in [0.3, 0.4) is 0 Å². The van der Waals surface area contributed by atoms with Crippen LogP contribution in [0, 0.1) is 5.82 Å². The highest BCUT2D eigenvalue weighted by atomic mass is 32.2. The van der Waals surface area contributed by atoms with E-state index < -0.39 is 10.0 Å². The monoisotopic (exact) mass is 376 g/mol. The minimum Gasteiger partial charge on any atom is -0.355 e. The Bertz CT molecular complexity index is 863. The molecule has 3 rings (SSSR count). The average Bonchev–Trinajstić information content (AvgIpc) is 3.42. The smallest absolute Gasteiger partial charge is 0.240 e. The zero-order valence-electron chi connectivity index (χ0n) is 14.2. The van der Waals surface area contributed by atoms with Crippen LogP contribution in [-0.4, -0.2) is 27.4 Å². The number of halogens is 1. The molecule has 26 heavy (non-hydrogen) atoms. The summed E-state index contributed by atoms with van der Waals surface area (Å²) >= 11 is 0. The number of nitrogens with one attached hydrogen (secondary N) is 2. The maximum Gasteiger partial charge on any atom is 0.240 e. The van der Waals surface area contributed by atoms with E-state index in [1.54, 1.807) is 30.3 Å². The molecular formula is C19H21FN2O3S. The van der Waals surface area contributed by atoms with E-state index in [0.717, 1.165) is 18.4 Å². The van der Waals surface area contributed by atoms with Gasteiger partial charge in [-0.15, -0.1) is 0 Å². The van der Waals surface area contributed by atoms with Crippen LogP contribution >= 0.6 is 0 Å². The van der Waals surface area contributed by atoms with Gasteiger partial charge < -0.3 is 5.32 Å². The Kier molecular flexibility index (Phi) is 5.38. The number of sulfonamides is 1. The second kappa shape index (κ2) is 7.55. The average molecular weight is 376 g/mol. The van der Waals surface area contributed by atoms with Crippen molar-refractivity contribution in [2.24, 2.45) is 0 Å².